The SMILES string of the molecule is CCN(CC)c1ccc(N=Nc2ccccc2F)cc1. The van der Waals surface area contributed by atoms with Crippen LogP contribution in [-0.4, -0.2) is 13.1 Å². The number of hydrogen-bond acceptors (Lipinski definition) is 3. The Bertz CT molecular complexity index is 575. The third-order valence-electron chi connectivity index (χ3n) is 3.10. The van der Waals surface area contributed by atoms with Gasteiger partial charge in [0, 0.05) is 18.8 Å². The van der Waals surface area contributed by atoms with Crippen molar-refractivity contribution in [2.75, 3.05) is 18.0 Å². The predicted molar refractivity (Wildman–Crippen MR) is 80.6 cm³/mol. The average Bonchev–Trinajstić information content (AvgIpc) is 2.49. The van der Waals surface area contributed by atoms with Gasteiger partial charge in [-0.1, -0.05) is 12.1 Å². The van der Waals surface area contributed by atoms with Crippen LogP contribution in [0.2, 0.25) is 0 Å². The van der Waals surface area contributed by atoms with Crippen molar-refractivity contribution < 1.29 is 4.39 Å². The monoisotopic (exact) mass is 271 g/mol. The standard InChI is InChI=1S/C16H18FN3/c1-3-20(4-2)14-11-9-13(10-12-14)18-19-16-8-6-5-7-15(16)17/h5-12H,3-4H2,1-2H3. The molecule has 0 unspecified atom stereocenters. The lowest BCUT2D eigenvalue weighted by Gasteiger charge is -2.20. The van der Waals surface area contributed by atoms with Crippen LogP contribution in [0.3, 0.4) is 0 Å². The molecule has 2 rings (SSSR count). The molecule has 0 aliphatic heterocycles. The number of nitrogens with zero attached hydrogens (tertiary/aromatic N) is 3. The molecular formula is C16H18FN3. The van der Waals surface area contributed by atoms with E-state index in [1.165, 1.54) is 6.07 Å². The van der Waals surface area contributed by atoms with Gasteiger partial charge in [-0.05, 0) is 50.2 Å². The van der Waals surface area contributed by atoms with E-state index in [0.29, 0.717) is 5.69 Å². The van der Waals surface area contributed by atoms with E-state index in [9.17, 15) is 4.39 Å². The number of benzene rings is 2. The van der Waals surface area contributed by atoms with E-state index >= 15 is 0 Å². The molecular weight excluding hydrogens is 253 g/mol. The van der Waals surface area contributed by atoms with E-state index in [-0.39, 0.29) is 11.5 Å². The van der Waals surface area contributed by atoms with Crippen molar-refractivity contribution in [2.45, 2.75) is 13.8 Å². The minimum absolute atomic E-state index is 0.250. The molecule has 0 radical (unpaired) electrons. The number of rotatable bonds is 5. The fourth-order valence-corrected chi connectivity index (χ4v) is 1.96. The summed E-state index contributed by atoms with van der Waals surface area (Å²) in [5, 5.41) is 7.98. The fourth-order valence-electron chi connectivity index (χ4n) is 1.96. The largest absolute Gasteiger partial charge is 0.372 e. The molecule has 0 saturated carbocycles. The number of azo groups is 1. The van der Waals surface area contributed by atoms with E-state index in [1.54, 1.807) is 18.2 Å². The van der Waals surface area contributed by atoms with E-state index in [0.717, 1.165) is 18.8 Å². The summed E-state index contributed by atoms with van der Waals surface area (Å²) in [6.07, 6.45) is 0. The van der Waals surface area contributed by atoms with Gasteiger partial charge in [0.05, 0.1) is 5.69 Å². The Labute approximate surface area is 118 Å². The van der Waals surface area contributed by atoms with Crippen LogP contribution in [-0.2, 0) is 0 Å². The Balaban J connectivity index is 2.13. The van der Waals surface area contributed by atoms with Crippen molar-refractivity contribution in [3.8, 4) is 0 Å². The summed E-state index contributed by atoms with van der Waals surface area (Å²) in [4.78, 5) is 2.25. The van der Waals surface area contributed by atoms with E-state index in [4.69, 9.17) is 0 Å². The molecule has 0 aliphatic rings. The van der Waals surface area contributed by atoms with Gasteiger partial charge in [-0.25, -0.2) is 4.39 Å². The lowest BCUT2D eigenvalue weighted by Crippen LogP contribution is -2.21. The highest BCUT2D eigenvalue weighted by Crippen LogP contribution is 2.23. The van der Waals surface area contributed by atoms with Gasteiger partial charge in [-0.15, -0.1) is 5.11 Å². The van der Waals surface area contributed by atoms with Gasteiger partial charge in [0.1, 0.15) is 5.69 Å². The van der Waals surface area contributed by atoms with E-state index in [2.05, 4.69) is 29.0 Å². The van der Waals surface area contributed by atoms with Crippen molar-refractivity contribution >= 4 is 17.1 Å². The summed E-state index contributed by atoms with van der Waals surface area (Å²) in [5.74, 6) is -0.365. The van der Waals surface area contributed by atoms with Crippen LogP contribution in [0.5, 0.6) is 0 Å². The minimum Gasteiger partial charge on any atom is -0.372 e. The first-order chi connectivity index (χ1) is 9.74. The van der Waals surface area contributed by atoms with Crippen LogP contribution in [0.25, 0.3) is 0 Å². The Morgan fingerprint density at radius 3 is 2.15 bits per heavy atom. The van der Waals surface area contributed by atoms with Crippen LogP contribution in [0.1, 0.15) is 13.8 Å². The summed E-state index contributed by atoms with van der Waals surface area (Å²) in [5.41, 5.74) is 2.12. The summed E-state index contributed by atoms with van der Waals surface area (Å²) in [7, 11) is 0. The second-order valence-electron chi connectivity index (χ2n) is 4.34. The second-order valence-corrected chi connectivity index (χ2v) is 4.34. The molecule has 0 aromatic heterocycles. The molecule has 0 heterocycles. The normalized spacial score (nSPS) is 10.9. The Morgan fingerprint density at radius 1 is 0.900 bits per heavy atom. The Morgan fingerprint density at radius 2 is 1.55 bits per heavy atom. The van der Waals surface area contributed by atoms with Crippen molar-refractivity contribution in [3.05, 3.63) is 54.3 Å². The van der Waals surface area contributed by atoms with E-state index < -0.39 is 0 Å². The molecule has 2 aromatic carbocycles. The first-order valence-corrected chi connectivity index (χ1v) is 6.76. The molecule has 20 heavy (non-hydrogen) atoms. The average molecular weight is 271 g/mol. The Kier molecular flexibility index (Phi) is 4.82. The van der Waals surface area contributed by atoms with Crippen LogP contribution >= 0.6 is 0 Å². The number of anilines is 1. The molecule has 0 bridgehead atoms. The zero-order chi connectivity index (χ0) is 14.4. The zero-order valence-corrected chi connectivity index (χ0v) is 11.8. The summed E-state index contributed by atoms with van der Waals surface area (Å²) in [6.45, 7) is 6.17. The predicted octanol–water partition coefficient (Wildman–Crippen LogP) is 5.09. The highest BCUT2D eigenvalue weighted by molar-refractivity contribution is 5.52. The van der Waals surface area contributed by atoms with Gasteiger partial charge < -0.3 is 4.90 Å². The van der Waals surface area contributed by atoms with Crippen molar-refractivity contribution in [1.29, 1.82) is 0 Å². The topological polar surface area (TPSA) is 28.0 Å². The molecule has 0 fully saturated rings. The van der Waals surface area contributed by atoms with Crippen LogP contribution in [0.4, 0.5) is 21.5 Å². The fraction of sp³-hybridized carbons (Fsp3) is 0.250. The first kappa shape index (κ1) is 14.2. The van der Waals surface area contributed by atoms with Gasteiger partial charge >= 0.3 is 0 Å². The molecule has 0 saturated heterocycles. The molecule has 2 aromatic rings. The number of hydrogen-bond donors (Lipinski definition) is 0. The molecule has 0 atom stereocenters. The maximum absolute atomic E-state index is 13.4. The molecule has 0 spiro atoms. The van der Waals surface area contributed by atoms with Crippen LogP contribution < -0.4 is 4.90 Å². The molecule has 104 valence electrons. The van der Waals surface area contributed by atoms with Gasteiger partial charge in [-0.2, -0.15) is 5.11 Å². The quantitative estimate of drug-likeness (QED) is 0.696. The highest BCUT2D eigenvalue weighted by atomic mass is 19.1. The van der Waals surface area contributed by atoms with Gasteiger partial charge in [-0.3, -0.25) is 0 Å². The lowest BCUT2D eigenvalue weighted by atomic mass is 10.2. The highest BCUT2D eigenvalue weighted by Gasteiger charge is 2.01. The van der Waals surface area contributed by atoms with Crippen molar-refractivity contribution in [1.82, 2.24) is 0 Å². The van der Waals surface area contributed by atoms with Crippen LogP contribution in [0, 0.1) is 5.82 Å². The maximum Gasteiger partial charge on any atom is 0.150 e. The summed E-state index contributed by atoms with van der Waals surface area (Å²) >= 11 is 0. The van der Waals surface area contributed by atoms with Crippen molar-refractivity contribution in [2.24, 2.45) is 10.2 Å². The molecule has 0 aliphatic carbocycles. The first-order valence-electron chi connectivity index (χ1n) is 6.76. The van der Waals surface area contributed by atoms with Gasteiger partial charge in [0.2, 0.25) is 0 Å². The van der Waals surface area contributed by atoms with Crippen LogP contribution in [0.15, 0.2) is 58.8 Å². The van der Waals surface area contributed by atoms with E-state index in [1.807, 2.05) is 24.3 Å². The van der Waals surface area contributed by atoms with Gasteiger partial charge in [0.15, 0.2) is 5.82 Å². The third kappa shape index (κ3) is 3.41. The molecule has 0 amide bonds. The third-order valence-corrected chi connectivity index (χ3v) is 3.10. The number of halogens is 1. The molecule has 3 nitrogen and oxygen atoms in total. The second kappa shape index (κ2) is 6.80. The minimum atomic E-state index is -0.365. The molecule has 4 heteroatoms. The maximum atomic E-state index is 13.4. The lowest BCUT2D eigenvalue weighted by molar-refractivity contribution is 0.628. The smallest absolute Gasteiger partial charge is 0.150 e. The summed E-state index contributed by atoms with van der Waals surface area (Å²) in [6, 6.07) is 14.1. The zero-order valence-electron chi connectivity index (χ0n) is 11.8. The summed E-state index contributed by atoms with van der Waals surface area (Å²) < 4.78 is 13.4. The Hall–Kier alpha value is -2.23. The van der Waals surface area contributed by atoms with Gasteiger partial charge in [0.25, 0.3) is 0 Å². The molecule has 0 N–H and O–H groups in total. The van der Waals surface area contributed by atoms with Crippen molar-refractivity contribution in [3.63, 3.8) is 0 Å².